The summed E-state index contributed by atoms with van der Waals surface area (Å²) in [7, 11) is 0. The van der Waals surface area contributed by atoms with Gasteiger partial charge in [-0.1, -0.05) is 58.2 Å². The normalized spacial score (nSPS) is 20.6. The van der Waals surface area contributed by atoms with Gasteiger partial charge in [-0.25, -0.2) is 4.99 Å². The standard InChI is InChI=1S/C23H23BrClN3O2S/c1-14-6-9-17(12-19(14)25)27-23-28(18-4-2-3-5-18)22(30)20(31-23)13-21(29)26-16-10-7-15(24)8-11-16/h6-12,18,20H,2-5,13H2,1H3,(H,26,29). The van der Waals surface area contributed by atoms with Crippen molar-refractivity contribution in [2.24, 2.45) is 4.99 Å². The van der Waals surface area contributed by atoms with Gasteiger partial charge >= 0.3 is 0 Å². The van der Waals surface area contributed by atoms with Gasteiger partial charge < -0.3 is 5.32 Å². The Bertz CT molecular complexity index is 1020. The molecule has 1 atom stereocenters. The number of amides is 2. The van der Waals surface area contributed by atoms with Gasteiger partial charge in [0.25, 0.3) is 0 Å². The molecule has 1 N–H and O–H groups in total. The molecule has 0 aromatic heterocycles. The summed E-state index contributed by atoms with van der Waals surface area (Å²) in [6.45, 7) is 1.94. The van der Waals surface area contributed by atoms with Crippen LogP contribution in [0.1, 0.15) is 37.7 Å². The molecule has 0 bridgehead atoms. The number of hydrogen-bond acceptors (Lipinski definition) is 4. The third-order valence-corrected chi connectivity index (χ3v) is 7.62. The highest BCUT2D eigenvalue weighted by Crippen LogP contribution is 2.37. The summed E-state index contributed by atoms with van der Waals surface area (Å²) >= 11 is 11.0. The van der Waals surface area contributed by atoms with Crippen LogP contribution in [-0.2, 0) is 9.59 Å². The first kappa shape index (κ1) is 22.4. The van der Waals surface area contributed by atoms with Crippen molar-refractivity contribution in [2.45, 2.75) is 50.3 Å². The zero-order valence-electron chi connectivity index (χ0n) is 17.1. The number of anilines is 1. The van der Waals surface area contributed by atoms with Crippen molar-refractivity contribution < 1.29 is 9.59 Å². The number of amidine groups is 1. The summed E-state index contributed by atoms with van der Waals surface area (Å²) in [6.07, 6.45) is 4.26. The molecule has 2 amide bonds. The SMILES string of the molecule is Cc1ccc(N=C2SC(CC(=O)Nc3ccc(Br)cc3)C(=O)N2C2CCCC2)cc1Cl. The topological polar surface area (TPSA) is 61.8 Å². The quantitative estimate of drug-likeness (QED) is 0.502. The second kappa shape index (κ2) is 9.76. The van der Waals surface area contributed by atoms with Crippen molar-refractivity contribution >= 4 is 67.6 Å². The third-order valence-electron chi connectivity index (χ3n) is 5.54. The van der Waals surface area contributed by atoms with Crippen LogP contribution in [0.2, 0.25) is 5.02 Å². The Morgan fingerprint density at radius 1 is 1.23 bits per heavy atom. The Morgan fingerprint density at radius 2 is 1.94 bits per heavy atom. The lowest BCUT2D eigenvalue weighted by atomic mass is 10.2. The molecule has 2 aromatic carbocycles. The van der Waals surface area contributed by atoms with E-state index in [1.165, 1.54) is 11.8 Å². The fourth-order valence-corrected chi connectivity index (χ4v) is 5.52. The minimum atomic E-state index is -0.476. The fraction of sp³-hybridized carbons (Fsp3) is 0.348. The van der Waals surface area contributed by atoms with Crippen LogP contribution in [0.15, 0.2) is 51.9 Å². The van der Waals surface area contributed by atoms with Gasteiger partial charge in [0.05, 0.1) is 5.69 Å². The lowest BCUT2D eigenvalue weighted by molar-refractivity contribution is -0.129. The molecule has 0 spiro atoms. The monoisotopic (exact) mass is 519 g/mol. The summed E-state index contributed by atoms with van der Waals surface area (Å²) in [4.78, 5) is 32.4. The second-order valence-electron chi connectivity index (χ2n) is 7.84. The molecular weight excluding hydrogens is 498 g/mol. The van der Waals surface area contributed by atoms with Crippen molar-refractivity contribution in [3.63, 3.8) is 0 Å². The Kier molecular flexibility index (Phi) is 7.04. The van der Waals surface area contributed by atoms with Crippen LogP contribution in [-0.4, -0.2) is 33.2 Å². The van der Waals surface area contributed by atoms with E-state index < -0.39 is 5.25 Å². The Balaban J connectivity index is 1.53. The molecule has 162 valence electrons. The van der Waals surface area contributed by atoms with Gasteiger partial charge in [-0.2, -0.15) is 0 Å². The first-order valence-electron chi connectivity index (χ1n) is 10.3. The number of carbonyl (C=O) groups excluding carboxylic acids is 2. The predicted octanol–water partition coefficient (Wildman–Crippen LogP) is 6.31. The minimum absolute atomic E-state index is 0.0279. The molecule has 2 aromatic rings. The smallest absolute Gasteiger partial charge is 0.242 e. The summed E-state index contributed by atoms with van der Waals surface area (Å²) in [6, 6.07) is 13.2. The maximum Gasteiger partial charge on any atom is 0.242 e. The summed E-state index contributed by atoms with van der Waals surface area (Å²) in [5, 5.41) is 3.71. The molecule has 0 radical (unpaired) electrons. The maximum atomic E-state index is 13.3. The van der Waals surface area contributed by atoms with Crippen molar-refractivity contribution in [3.05, 3.63) is 57.5 Å². The molecule has 2 aliphatic rings. The summed E-state index contributed by atoms with van der Waals surface area (Å²) in [5.41, 5.74) is 2.41. The first-order chi connectivity index (χ1) is 14.9. The molecule has 5 nitrogen and oxygen atoms in total. The number of nitrogens with one attached hydrogen (secondary N) is 1. The highest BCUT2D eigenvalue weighted by atomic mass is 79.9. The Labute approximate surface area is 199 Å². The van der Waals surface area contributed by atoms with Crippen LogP contribution in [0.3, 0.4) is 0 Å². The summed E-state index contributed by atoms with van der Waals surface area (Å²) < 4.78 is 0.941. The highest BCUT2D eigenvalue weighted by Gasteiger charge is 2.43. The van der Waals surface area contributed by atoms with Crippen LogP contribution >= 0.6 is 39.3 Å². The molecule has 1 aliphatic heterocycles. The van der Waals surface area contributed by atoms with Crippen molar-refractivity contribution in [3.8, 4) is 0 Å². The molecule has 1 unspecified atom stereocenters. The molecule has 1 aliphatic carbocycles. The van der Waals surface area contributed by atoms with Gasteiger partial charge in [0.2, 0.25) is 11.8 Å². The van der Waals surface area contributed by atoms with Crippen LogP contribution in [0.5, 0.6) is 0 Å². The second-order valence-corrected chi connectivity index (χ2v) is 10.3. The molecular formula is C23H23BrClN3O2S. The Morgan fingerprint density at radius 3 is 2.61 bits per heavy atom. The van der Waals surface area contributed by atoms with Crippen LogP contribution in [0, 0.1) is 6.92 Å². The molecule has 8 heteroatoms. The zero-order valence-corrected chi connectivity index (χ0v) is 20.3. The number of rotatable bonds is 5. The highest BCUT2D eigenvalue weighted by molar-refractivity contribution is 9.10. The minimum Gasteiger partial charge on any atom is -0.326 e. The van der Waals surface area contributed by atoms with E-state index in [-0.39, 0.29) is 24.3 Å². The van der Waals surface area contributed by atoms with E-state index in [4.69, 9.17) is 16.6 Å². The lowest BCUT2D eigenvalue weighted by Crippen LogP contribution is -2.40. The largest absolute Gasteiger partial charge is 0.326 e. The first-order valence-corrected chi connectivity index (χ1v) is 12.4. The van der Waals surface area contributed by atoms with Gasteiger partial charge in [0.1, 0.15) is 5.25 Å². The van der Waals surface area contributed by atoms with E-state index in [2.05, 4.69) is 21.2 Å². The Hall–Kier alpha value is -1.83. The lowest BCUT2D eigenvalue weighted by Gasteiger charge is -2.23. The van der Waals surface area contributed by atoms with Gasteiger partial charge in [0, 0.05) is 27.6 Å². The molecule has 1 heterocycles. The number of hydrogen-bond donors (Lipinski definition) is 1. The van der Waals surface area contributed by atoms with Crippen molar-refractivity contribution in [1.29, 1.82) is 0 Å². The van der Waals surface area contributed by atoms with Gasteiger partial charge in [-0.05, 0) is 61.7 Å². The number of aliphatic imine (C=N–C) groups is 1. The van der Waals surface area contributed by atoms with E-state index >= 15 is 0 Å². The molecule has 2 fully saturated rings. The maximum absolute atomic E-state index is 13.3. The van der Waals surface area contributed by atoms with Gasteiger partial charge in [-0.15, -0.1) is 0 Å². The average molecular weight is 521 g/mol. The third kappa shape index (κ3) is 5.33. The average Bonchev–Trinajstić information content (AvgIpc) is 3.35. The molecule has 4 rings (SSSR count). The van der Waals surface area contributed by atoms with E-state index in [0.29, 0.717) is 21.6 Å². The van der Waals surface area contributed by atoms with Crippen LogP contribution in [0.25, 0.3) is 0 Å². The summed E-state index contributed by atoms with van der Waals surface area (Å²) in [5.74, 6) is -0.209. The number of aryl methyl sites for hydroxylation is 1. The zero-order chi connectivity index (χ0) is 22.0. The number of thioether (sulfide) groups is 1. The van der Waals surface area contributed by atoms with Crippen LogP contribution in [0.4, 0.5) is 11.4 Å². The number of nitrogens with zero attached hydrogens (tertiary/aromatic N) is 2. The van der Waals surface area contributed by atoms with E-state index in [1.807, 2.05) is 54.3 Å². The predicted molar refractivity (Wildman–Crippen MR) is 131 cm³/mol. The molecule has 1 saturated heterocycles. The van der Waals surface area contributed by atoms with Crippen LogP contribution < -0.4 is 5.32 Å². The van der Waals surface area contributed by atoms with Gasteiger partial charge in [-0.3, -0.25) is 14.5 Å². The fourth-order valence-electron chi connectivity index (χ4n) is 3.87. The number of benzene rings is 2. The van der Waals surface area contributed by atoms with E-state index in [9.17, 15) is 9.59 Å². The van der Waals surface area contributed by atoms with E-state index in [0.717, 1.165) is 35.7 Å². The van der Waals surface area contributed by atoms with E-state index in [1.54, 1.807) is 0 Å². The van der Waals surface area contributed by atoms with Crippen molar-refractivity contribution in [1.82, 2.24) is 4.90 Å². The molecule has 1 saturated carbocycles. The number of carbonyl (C=O) groups is 2. The van der Waals surface area contributed by atoms with Gasteiger partial charge in [0.15, 0.2) is 5.17 Å². The van der Waals surface area contributed by atoms with Crippen molar-refractivity contribution in [2.75, 3.05) is 5.32 Å². The molecule has 31 heavy (non-hydrogen) atoms. The number of halogens is 2.